The lowest BCUT2D eigenvalue weighted by molar-refractivity contribution is 0.148. The number of aromatic amines is 1. The van der Waals surface area contributed by atoms with Crippen LogP contribution in [0.1, 0.15) is 6.04 Å². The second-order valence-electron chi connectivity index (χ2n) is 3.31. The molecule has 1 aliphatic rings. The van der Waals surface area contributed by atoms with Crippen molar-refractivity contribution in [2.24, 2.45) is 0 Å². The zero-order valence-electron chi connectivity index (χ0n) is 7.43. The lowest BCUT2D eigenvalue weighted by atomic mass is 10.2. The summed E-state index contributed by atoms with van der Waals surface area (Å²) in [7, 11) is 0. The molecule has 1 aromatic heterocycles. The molecule has 2 atom stereocenters. The van der Waals surface area contributed by atoms with Crippen LogP contribution in [0.3, 0.4) is 0 Å². The van der Waals surface area contributed by atoms with Gasteiger partial charge >= 0.3 is 5.69 Å². The molecule has 3 N–H and O–H groups in total. The molecular weight excluding hydrogens is 186 g/mol. The van der Waals surface area contributed by atoms with Crippen LogP contribution in [0.2, 0.25) is 0 Å². The van der Waals surface area contributed by atoms with Crippen molar-refractivity contribution < 1.29 is 5.11 Å². The van der Waals surface area contributed by atoms with Crippen molar-refractivity contribution in [2.75, 3.05) is 13.1 Å². The number of β-amino-alcohol motifs (C(OH)–C–C–N with tert-alkyl or cyclic N) is 1. The lowest BCUT2D eigenvalue weighted by Crippen LogP contribution is -2.35. The summed E-state index contributed by atoms with van der Waals surface area (Å²) in [5.41, 5.74) is -0.906. The molecule has 1 aromatic rings. The Morgan fingerprint density at radius 2 is 2.21 bits per heavy atom. The topological polar surface area (TPSA) is 87.1 Å². The molecule has 0 unspecified atom stereocenters. The normalized spacial score (nSPS) is 26.6. The van der Waals surface area contributed by atoms with Gasteiger partial charge in [-0.15, -0.1) is 0 Å². The van der Waals surface area contributed by atoms with Crippen molar-refractivity contribution in [3.05, 3.63) is 33.1 Å². The molecule has 1 fully saturated rings. The fourth-order valence-electron chi connectivity index (χ4n) is 1.62. The first-order chi connectivity index (χ1) is 6.68. The maximum Gasteiger partial charge on any atom is 0.328 e. The van der Waals surface area contributed by atoms with Gasteiger partial charge in [-0.1, -0.05) is 0 Å². The minimum atomic E-state index is -0.585. The summed E-state index contributed by atoms with van der Waals surface area (Å²) in [6.07, 6.45) is 0.820. The van der Waals surface area contributed by atoms with Gasteiger partial charge in [0.05, 0.1) is 12.1 Å². The van der Waals surface area contributed by atoms with Crippen LogP contribution in [0.4, 0.5) is 0 Å². The average molecular weight is 197 g/mol. The summed E-state index contributed by atoms with van der Waals surface area (Å²) >= 11 is 0. The molecule has 0 saturated carbocycles. The molecular formula is C8H11N3O3. The smallest absolute Gasteiger partial charge is 0.328 e. The second kappa shape index (κ2) is 3.39. The van der Waals surface area contributed by atoms with Crippen molar-refractivity contribution in [3.8, 4) is 0 Å². The molecule has 6 heteroatoms. The number of aliphatic hydroxyl groups is 1. The standard InChI is InChI=1S/C8H11N3O3/c12-6-4-9-3-5(6)11-2-1-7(13)10-8(11)14/h1-2,5-6,9,12H,3-4H2,(H,10,13,14)/t5-,6-/m0/s1. The van der Waals surface area contributed by atoms with Gasteiger partial charge in [0, 0.05) is 25.4 Å². The number of rotatable bonds is 1. The zero-order chi connectivity index (χ0) is 10.1. The molecule has 14 heavy (non-hydrogen) atoms. The molecule has 0 spiro atoms. The number of aliphatic hydroxyl groups excluding tert-OH is 1. The predicted molar refractivity (Wildman–Crippen MR) is 49.2 cm³/mol. The highest BCUT2D eigenvalue weighted by molar-refractivity contribution is 4.92. The minimum Gasteiger partial charge on any atom is -0.390 e. The van der Waals surface area contributed by atoms with E-state index in [9.17, 15) is 14.7 Å². The van der Waals surface area contributed by atoms with E-state index in [0.29, 0.717) is 13.1 Å². The van der Waals surface area contributed by atoms with E-state index in [0.717, 1.165) is 0 Å². The summed E-state index contributed by atoms with van der Waals surface area (Å²) in [5.74, 6) is 0. The van der Waals surface area contributed by atoms with Crippen LogP contribution in [-0.4, -0.2) is 33.9 Å². The minimum absolute atomic E-state index is 0.292. The zero-order valence-corrected chi connectivity index (χ0v) is 7.43. The van der Waals surface area contributed by atoms with E-state index < -0.39 is 17.4 Å². The van der Waals surface area contributed by atoms with E-state index in [2.05, 4.69) is 10.3 Å². The molecule has 1 aliphatic heterocycles. The Morgan fingerprint density at radius 1 is 1.43 bits per heavy atom. The molecule has 0 aromatic carbocycles. The number of H-pyrrole nitrogens is 1. The van der Waals surface area contributed by atoms with Crippen LogP contribution in [-0.2, 0) is 0 Å². The van der Waals surface area contributed by atoms with E-state index in [1.807, 2.05) is 0 Å². The van der Waals surface area contributed by atoms with E-state index >= 15 is 0 Å². The third-order valence-electron chi connectivity index (χ3n) is 2.36. The highest BCUT2D eigenvalue weighted by Gasteiger charge is 2.26. The maximum absolute atomic E-state index is 11.3. The van der Waals surface area contributed by atoms with Crippen molar-refractivity contribution in [2.45, 2.75) is 12.1 Å². The van der Waals surface area contributed by atoms with Gasteiger partial charge in [-0.25, -0.2) is 4.79 Å². The van der Waals surface area contributed by atoms with Crippen LogP contribution in [0, 0.1) is 0 Å². The Labute approximate surface area is 79.2 Å². The monoisotopic (exact) mass is 197 g/mol. The van der Waals surface area contributed by atoms with Gasteiger partial charge in [0.25, 0.3) is 5.56 Å². The van der Waals surface area contributed by atoms with Gasteiger partial charge in [0.15, 0.2) is 0 Å². The Hall–Kier alpha value is -1.40. The van der Waals surface area contributed by atoms with Gasteiger partial charge < -0.3 is 10.4 Å². The summed E-state index contributed by atoms with van der Waals surface area (Å²) in [6, 6.07) is 0.978. The largest absolute Gasteiger partial charge is 0.390 e. The summed E-state index contributed by atoms with van der Waals surface area (Å²) < 4.78 is 1.34. The van der Waals surface area contributed by atoms with Crippen LogP contribution >= 0.6 is 0 Å². The van der Waals surface area contributed by atoms with Gasteiger partial charge in [0.2, 0.25) is 0 Å². The lowest BCUT2D eigenvalue weighted by Gasteiger charge is -2.15. The Morgan fingerprint density at radius 3 is 2.79 bits per heavy atom. The van der Waals surface area contributed by atoms with Crippen LogP contribution in [0.15, 0.2) is 21.9 Å². The molecule has 6 nitrogen and oxygen atoms in total. The molecule has 2 heterocycles. The van der Waals surface area contributed by atoms with Crippen molar-refractivity contribution >= 4 is 0 Å². The fourth-order valence-corrected chi connectivity index (χ4v) is 1.62. The fraction of sp³-hybridized carbons (Fsp3) is 0.500. The molecule has 0 amide bonds. The quantitative estimate of drug-likeness (QED) is 0.488. The van der Waals surface area contributed by atoms with Crippen molar-refractivity contribution in [3.63, 3.8) is 0 Å². The second-order valence-corrected chi connectivity index (χ2v) is 3.31. The third kappa shape index (κ3) is 1.49. The Balaban J connectivity index is 2.41. The van der Waals surface area contributed by atoms with Crippen LogP contribution in [0.25, 0.3) is 0 Å². The first kappa shape index (κ1) is 9.17. The maximum atomic E-state index is 11.3. The van der Waals surface area contributed by atoms with Crippen molar-refractivity contribution in [1.29, 1.82) is 0 Å². The van der Waals surface area contributed by atoms with Crippen LogP contribution in [0.5, 0.6) is 0 Å². The molecule has 2 rings (SSSR count). The van der Waals surface area contributed by atoms with E-state index in [4.69, 9.17) is 0 Å². The first-order valence-corrected chi connectivity index (χ1v) is 4.39. The molecule has 0 bridgehead atoms. The predicted octanol–water partition coefficient (Wildman–Crippen LogP) is -1.96. The number of hydrogen-bond donors (Lipinski definition) is 3. The van der Waals surface area contributed by atoms with Gasteiger partial charge in [0.1, 0.15) is 0 Å². The number of aromatic nitrogens is 2. The van der Waals surface area contributed by atoms with Crippen LogP contribution < -0.4 is 16.6 Å². The summed E-state index contributed by atoms with van der Waals surface area (Å²) in [4.78, 5) is 24.3. The Kier molecular flexibility index (Phi) is 2.22. The molecule has 0 aliphatic carbocycles. The summed E-state index contributed by atoms with van der Waals surface area (Å²) in [6.45, 7) is 1.00. The Bertz CT molecular complexity index is 436. The highest BCUT2D eigenvalue weighted by atomic mass is 16.3. The molecule has 1 saturated heterocycles. The number of hydrogen-bond acceptors (Lipinski definition) is 4. The van der Waals surface area contributed by atoms with E-state index in [1.165, 1.54) is 16.8 Å². The molecule has 76 valence electrons. The van der Waals surface area contributed by atoms with E-state index in [1.54, 1.807) is 0 Å². The summed E-state index contributed by atoms with van der Waals surface area (Å²) in [5, 5.41) is 12.5. The number of nitrogens with zero attached hydrogens (tertiary/aromatic N) is 1. The van der Waals surface area contributed by atoms with Gasteiger partial charge in [-0.2, -0.15) is 0 Å². The van der Waals surface area contributed by atoms with E-state index in [-0.39, 0.29) is 6.04 Å². The van der Waals surface area contributed by atoms with Gasteiger partial charge in [-0.3, -0.25) is 14.3 Å². The SMILES string of the molecule is O=c1ccn([C@H]2CNC[C@@H]2O)c(=O)[nH]1. The highest BCUT2D eigenvalue weighted by Crippen LogP contribution is 2.12. The average Bonchev–Trinajstić information content (AvgIpc) is 2.52. The third-order valence-corrected chi connectivity index (χ3v) is 2.36. The first-order valence-electron chi connectivity index (χ1n) is 4.39. The molecule has 0 radical (unpaired) electrons. The number of nitrogens with one attached hydrogen (secondary N) is 2. The van der Waals surface area contributed by atoms with Gasteiger partial charge in [-0.05, 0) is 0 Å². The van der Waals surface area contributed by atoms with Crippen molar-refractivity contribution in [1.82, 2.24) is 14.9 Å².